The smallest absolute Gasteiger partial charge is 0.469 e. The van der Waals surface area contributed by atoms with Gasteiger partial charge in [-0.2, -0.15) is 0 Å². The van der Waals surface area contributed by atoms with Crippen LogP contribution in [0.2, 0.25) is 0 Å². The number of nitrogens with zero attached hydrogens (tertiary/aromatic N) is 1. The molecule has 2 rings (SSSR count). The molecule has 0 aliphatic carbocycles. The van der Waals surface area contributed by atoms with Gasteiger partial charge in [-0.25, -0.2) is 9.59 Å². The van der Waals surface area contributed by atoms with Gasteiger partial charge >= 0.3 is 12.1 Å². The molecular weight excluding hydrogens is 354 g/mol. The fourth-order valence-electron chi connectivity index (χ4n) is 2.23. The summed E-state index contributed by atoms with van der Waals surface area (Å²) in [6, 6.07) is 3.28. The van der Waals surface area contributed by atoms with Crippen LogP contribution in [0.1, 0.15) is 11.7 Å². The molecule has 1 aliphatic rings. The number of carbonyl (C=O) groups excluding carboxylic acids is 2. The highest BCUT2D eigenvalue weighted by Crippen LogP contribution is 2.35. The summed E-state index contributed by atoms with van der Waals surface area (Å²) in [6.07, 6.45) is 2.36. The first-order valence-electron chi connectivity index (χ1n) is 8.11. The Balaban J connectivity index is 2.27. The number of ether oxygens (including phenoxy) is 3. The van der Waals surface area contributed by atoms with Crippen molar-refractivity contribution in [2.75, 3.05) is 19.8 Å². The highest BCUT2D eigenvalue weighted by molar-refractivity contribution is 5.86. The highest BCUT2D eigenvalue weighted by atomic mass is 16.9. The average molecular weight is 375 g/mol. The summed E-state index contributed by atoms with van der Waals surface area (Å²) in [5, 5.41) is 11.4. The number of benzene rings is 1. The van der Waals surface area contributed by atoms with Crippen molar-refractivity contribution in [2.45, 2.75) is 12.1 Å². The molecule has 27 heavy (non-hydrogen) atoms. The largest absolute Gasteiger partial charge is 0.486 e. The Bertz CT molecular complexity index is 731. The number of hydrogen-bond donors (Lipinski definition) is 1. The Hall–Kier alpha value is -3.26. The molecule has 0 spiro atoms. The minimum atomic E-state index is -1.41. The molecule has 1 heterocycles. The second kappa shape index (κ2) is 9.44. The first-order chi connectivity index (χ1) is 13.0. The lowest BCUT2D eigenvalue weighted by molar-refractivity contribution is -0.154. The normalized spacial score (nSPS) is 14.4. The van der Waals surface area contributed by atoms with Gasteiger partial charge in [0, 0.05) is 0 Å². The lowest BCUT2D eigenvalue weighted by Gasteiger charge is -2.20. The zero-order valence-corrected chi connectivity index (χ0v) is 14.7. The molecule has 8 nitrogen and oxygen atoms in total. The van der Waals surface area contributed by atoms with Gasteiger partial charge in [0.05, 0.1) is 0 Å². The molecule has 0 saturated carbocycles. The Morgan fingerprint density at radius 3 is 2.26 bits per heavy atom. The van der Waals surface area contributed by atoms with Gasteiger partial charge in [0.25, 0.3) is 0 Å². The van der Waals surface area contributed by atoms with E-state index < -0.39 is 24.2 Å². The van der Waals surface area contributed by atoms with Gasteiger partial charge in [-0.1, -0.05) is 44.0 Å². The average Bonchev–Trinajstić information content (AvgIpc) is 3.39. The van der Waals surface area contributed by atoms with Crippen LogP contribution < -0.4 is 9.47 Å². The predicted molar refractivity (Wildman–Crippen MR) is 96.0 cm³/mol. The van der Waals surface area contributed by atoms with E-state index in [4.69, 9.17) is 14.2 Å². The molecule has 2 atom stereocenters. The first kappa shape index (κ1) is 20.1. The number of hydroxylamine groups is 2. The van der Waals surface area contributed by atoms with E-state index >= 15 is 0 Å². The molecule has 144 valence electrons. The molecule has 0 aromatic heterocycles. The van der Waals surface area contributed by atoms with Crippen LogP contribution in [0, 0.1) is 0 Å². The second-order valence-corrected chi connectivity index (χ2v) is 5.40. The molecule has 1 aliphatic heterocycles. The molecule has 1 fully saturated rings. The number of aliphatic hydroxyl groups excluding tert-OH is 1. The fourth-order valence-corrected chi connectivity index (χ4v) is 2.23. The highest BCUT2D eigenvalue weighted by Gasteiger charge is 2.50. The summed E-state index contributed by atoms with van der Waals surface area (Å²) in [5.41, 5.74) is 0.309. The van der Waals surface area contributed by atoms with E-state index in [0.717, 1.165) is 5.06 Å². The van der Waals surface area contributed by atoms with Crippen LogP contribution in [0.4, 0.5) is 4.79 Å². The molecule has 1 saturated heterocycles. The van der Waals surface area contributed by atoms with Crippen molar-refractivity contribution in [1.82, 2.24) is 5.06 Å². The van der Waals surface area contributed by atoms with E-state index in [2.05, 4.69) is 24.6 Å². The summed E-state index contributed by atoms with van der Waals surface area (Å²) in [6.45, 7) is 11.0. The van der Waals surface area contributed by atoms with Crippen molar-refractivity contribution in [3.63, 3.8) is 0 Å². The summed E-state index contributed by atoms with van der Waals surface area (Å²) < 4.78 is 16.0. The molecule has 0 radical (unpaired) electrons. The van der Waals surface area contributed by atoms with Crippen molar-refractivity contribution in [1.29, 1.82) is 0 Å². The zero-order valence-electron chi connectivity index (χ0n) is 14.7. The Morgan fingerprint density at radius 2 is 1.70 bits per heavy atom. The van der Waals surface area contributed by atoms with E-state index in [1.54, 1.807) is 24.3 Å². The monoisotopic (exact) mass is 375 g/mol. The maximum absolute atomic E-state index is 12.2. The van der Waals surface area contributed by atoms with Crippen LogP contribution in [0.15, 0.2) is 56.2 Å². The van der Waals surface area contributed by atoms with Crippen molar-refractivity contribution in [3.8, 4) is 11.5 Å². The van der Waals surface area contributed by atoms with Gasteiger partial charge < -0.3 is 24.2 Å². The maximum Gasteiger partial charge on any atom is 0.469 e. The van der Waals surface area contributed by atoms with Crippen molar-refractivity contribution >= 4 is 12.1 Å². The van der Waals surface area contributed by atoms with Crippen molar-refractivity contribution in [3.05, 3.63) is 61.7 Å². The van der Waals surface area contributed by atoms with Crippen LogP contribution in [-0.2, 0) is 14.4 Å². The van der Waals surface area contributed by atoms with Crippen molar-refractivity contribution < 1.29 is 33.7 Å². The van der Waals surface area contributed by atoms with Crippen LogP contribution in [0.5, 0.6) is 11.5 Å². The minimum Gasteiger partial charge on any atom is -0.486 e. The lowest BCUT2D eigenvalue weighted by Crippen LogP contribution is -2.37. The SMILES string of the molecule is C=CCOC(=O)[C@H](C(O)c1ccc(OCC=C)c(OCC=C)c1)N1OC1=O. The molecule has 1 aromatic carbocycles. The van der Waals surface area contributed by atoms with Crippen LogP contribution >= 0.6 is 0 Å². The quantitative estimate of drug-likeness (QED) is 0.340. The first-order valence-corrected chi connectivity index (χ1v) is 8.11. The Kier molecular flexibility index (Phi) is 7.01. The van der Waals surface area contributed by atoms with E-state index in [0.29, 0.717) is 17.1 Å². The van der Waals surface area contributed by atoms with Gasteiger partial charge in [-0.05, 0) is 17.7 Å². The minimum absolute atomic E-state index is 0.0634. The van der Waals surface area contributed by atoms with E-state index in [1.165, 1.54) is 12.1 Å². The van der Waals surface area contributed by atoms with E-state index in [1.807, 2.05) is 0 Å². The van der Waals surface area contributed by atoms with Crippen LogP contribution in [0.25, 0.3) is 0 Å². The summed E-state index contributed by atoms with van der Waals surface area (Å²) in [5.74, 6) is -0.0594. The summed E-state index contributed by atoms with van der Waals surface area (Å²) in [4.78, 5) is 28.2. The Labute approximate surface area is 156 Å². The second-order valence-electron chi connectivity index (χ2n) is 5.40. The lowest BCUT2D eigenvalue weighted by atomic mass is 10.0. The van der Waals surface area contributed by atoms with Gasteiger partial charge in [0.2, 0.25) is 6.04 Å². The maximum atomic E-state index is 12.2. The molecule has 1 N–H and O–H groups in total. The van der Waals surface area contributed by atoms with Gasteiger partial charge in [0.1, 0.15) is 25.9 Å². The van der Waals surface area contributed by atoms with Crippen LogP contribution in [0.3, 0.4) is 0 Å². The number of amides is 1. The van der Waals surface area contributed by atoms with Crippen LogP contribution in [-0.4, -0.2) is 48.1 Å². The van der Waals surface area contributed by atoms with E-state index in [9.17, 15) is 14.7 Å². The van der Waals surface area contributed by atoms with Crippen molar-refractivity contribution in [2.24, 2.45) is 0 Å². The third kappa shape index (κ3) is 5.11. The third-order valence-corrected chi connectivity index (χ3v) is 3.48. The predicted octanol–water partition coefficient (Wildman–Crippen LogP) is 2.31. The number of esters is 1. The van der Waals surface area contributed by atoms with Gasteiger partial charge in [-0.3, -0.25) is 0 Å². The number of rotatable bonds is 12. The van der Waals surface area contributed by atoms with Gasteiger partial charge in [-0.15, -0.1) is 5.06 Å². The van der Waals surface area contributed by atoms with Gasteiger partial charge in [0.15, 0.2) is 11.5 Å². The zero-order chi connectivity index (χ0) is 19.8. The Morgan fingerprint density at radius 1 is 1.11 bits per heavy atom. The molecule has 0 bridgehead atoms. The molecular formula is C19H21NO7. The summed E-state index contributed by atoms with van der Waals surface area (Å²) in [7, 11) is 0. The third-order valence-electron chi connectivity index (χ3n) is 3.48. The van der Waals surface area contributed by atoms with E-state index in [-0.39, 0.29) is 19.8 Å². The molecule has 1 unspecified atom stereocenters. The topological polar surface area (TPSA) is 97.6 Å². The molecule has 1 amide bonds. The standard InChI is InChI=1S/C19H21NO7/c1-4-9-24-14-8-7-13(12-15(14)25-10-5-2)17(21)16(20-19(23)27-20)18(22)26-11-6-3/h4-8,12,16-17,21H,1-3,9-11H2/t16-,17?,20?/m0/s1. The molecule has 8 heteroatoms. The molecule has 1 aromatic rings. The number of carbonyl (C=O) groups is 2. The summed E-state index contributed by atoms with van der Waals surface area (Å²) >= 11 is 0. The fraction of sp³-hybridized carbons (Fsp3) is 0.263. The number of aliphatic hydroxyl groups is 1. The number of hydrogen-bond acceptors (Lipinski definition) is 7.